The van der Waals surface area contributed by atoms with Gasteiger partial charge in [0.25, 0.3) is 15.9 Å². The molecule has 1 aliphatic rings. The lowest BCUT2D eigenvalue weighted by atomic mass is 9.95. The number of amides is 2. The fourth-order valence-electron chi connectivity index (χ4n) is 3.24. The van der Waals surface area contributed by atoms with Crippen LogP contribution in [0.1, 0.15) is 23.2 Å². The number of alkyl halides is 3. The molecule has 196 valence electrons. The summed E-state index contributed by atoms with van der Waals surface area (Å²) in [6.07, 6.45) is -3.86. The van der Waals surface area contributed by atoms with Crippen LogP contribution < -0.4 is 10.0 Å². The molecule has 0 saturated carbocycles. The van der Waals surface area contributed by atoms with E-state index >= 15 is 0 Å². The van der Waals surface area contributed by atoms with E-state index in [-0.39, 0.29) is 22.6 Å². The summed E-state index contributed by atoms with van der Waals surface area (Å²) in [6, 6.07) is 10.6. The Balaban J connectivity index is 0.000000572. The number of anilines is 1. The molecule has 1 fully saturated rings. The molecule has 3 rings (SSSR count). The zero-order chi connectivity index (χ0) is 27.1. The first kappa shape index (κ1) is 28.6. The molecule has 2 aromatic carbocycles. The number of aliphatic carboxylic acids is 1. The van der Waals surface area contributed by atoms with E-state index in [1.54, 1.807) is 24.1 Å². The number of rotatable bonds is 5. The molecule has 0 aliphatic carbocycles. The monoisotopic (exact) mass is 533 g/mol. The average Bonchev–Trinajstić information content (AvgIpc) is 2.83. The molecule has 0 spiro atoms. The van der Waals surface area contributed by atoms with Gasteiger partial charge in [-0.1, -0.05) is 0 Å². The molecule has 1 saturated heterocycles. The predicted molar refractivity (Wildman–Crippen MR) is 120 cm³/mol. The van der Waals surface area contributed by atoms with Crippen molar-refractivity contribution in [2.75, 3.05) is 24.9 Å². The molecule has 36 heavy (non-hydrogen) atoms. The smallest absolute Gasteiger partial charge is 0.475 e. The van der Waals surface area contributed by atoms with E-state index in [2.05, 4.69) is 10.0 Å². The second-order valence-corrected chi connectivity index (χ2v) is 9.30. The maximum absolute atomic E-state index is 13.0. The van der Waals surface area contributed by atoms with E-state index < -0.39 is 28.0 Å². The Bertz CT molecular complexity index is 1180. The summed E-state index contributed by atoms with van der Waals surface area (Å²) in [5.74, 6) is -3.52. The van der Waals surface area contributed by atoms with Gasteiger partial charge in [-0.05, 0) is 61.4 Å². The number of carboxylic acids is 1. The number of benzene rings is 2. The average molecular weight is 534 g/mol. The van der Waals surface area contributed by atoms with Crippen LogP contribution in [0.5, 0.6) is 0 Å². The molecule has 0 bridgehead atoms. The molecular formula is C22H23F4N3O6S. The van der Waals surface area contributed by atoms with Gasteiger partial charge < -0.3 is 15.3 Å². The lowest BCUT2D eigenvalue weighted by molar-refractivity contribution is -0.192. The normalized spacial score (nSPS) is 14.3. The van der Waals surface area contributed by atoms with Gasteiger partial charge in [-0.3, -0.25) is 14.3 Å². The Hall–Kier alpha value is -3.68. The van der Waals surface area contributed by atoms with Gasteiger partial charge in [-0.15, -0.1) is 0 Å². The zero-order valence-corrected chi connectivity index (χ0v) is 19.7. The van der Waals surface area contributed by atoms with Crippen LogP contribution in [0.25, 0.3) is 0 Å². The minimum absolute atomic E-state index is 0.00473. The summed E-state index contributed by atoms with van der Waals surface area (Å²) in [5.41, 5.74) is 0.734. The number of hydrogen-bond donors (Lipinski definition) is 3. The van der Waals surface area contributed by atoms with E-state index in [1.165, 1.54) is 24.3 Å². The van der Waals surface area contributed by atoms with Crippen LogP contribution in [-0.4, -0.2) is 62.5 Å². The van der Waals surface area contributed by atoms with Gasteiger partial charge >= 0.3 is 12.1 Å². The van der Waals surface area contributed by atoms with Crippen molar-refractivity contribution >= 4 is 33.5 Å². The number of likely N-dealkylation sites (tertiary alicyclic amines) is 1. The number of sulfonamides is 1. The van der Waals surface area contributed by atoms with E-state index in [0.717, 1.165) is 12.1 Å². The van der Waals surface area contributed by atoms with Crippen LogP contribution in [0.4, 0.5) is 23.2 Å². The minimum atomic E-state index is -5.08. The van der Waals surface area contributed by atoms with Crippen molar-refractivity contribution in [3.8, 4) is 0 Å². The molecule has 0 atom stereocenters. The SMILES string of the molecule is CNC(=O)C1CCN(C(=O)c2ccc(NS(=O)(=O)c3ccc(F)cc3)cc2)CC1.O=C(O)C(F)(F)F. The van der Waals surface area contributed by atoms with Crippen molar-refractivity contribution in [2.45, 2.75) is 23.9 Å². The topological polar surface area (TPSA) is 133 Å². The van der Waals surface area contributed by atoms with Crippen LogP contribution in [0, 0.1) is 11.7 Å². The summed E-state index contributed by atoms with van der Waals surface area (Å²) in [6.45, 7) is 0.992. The van der Waals surface area contributed by atoms with E-state index in [1.807, 2.05) is 0 Å². The molecule has 1 heterocycles. The number of piperidine rings is 1. The van der Waals surface area contributed by atoms with E-state index in [0.29, 0.717) is 37.2 Å². The molecule has 2 aromatic rings. The summed E-state index contributed by atoms with van der Waals surface area (Å²) < 4.78 is 71.8. The molecule has 0 aromatic heterocycles. The highest BCUT2D eigenvalue weighted by atomic mass is 32.2. The number of nitrogens with one attached hydrogen (secondary N) is 2. The first-order valence-corrected chi connectivity index (χ1v) is 11.9. The van der Waals surface area contributed by atoms with Crippen molar-refractivity contribution in [1.82, 2.24) is 10.2 Å². The van der Waals surface area contributed by atoms with E-state index in [4.69, 9.17) is 9.90 Å². The molecule has 2 amide bonds. The van der Waals surface area contributed by atoms with E-state index in [9.17, 15) is 35.6 Å². The maximum atomic E-state index is 13.0. The van der Waals surface area contributed by atoms with Gasteiger partial charge in [-0.25, -0.2) is 17.6 Å². The van der Waals surface area contributed by atoms with Crippen molar-refractivity contribution in [3.05, 3.63) is 59.9 Å². The van der Waals surface area contributed by atoms with Crippen molar-refractivity contribution in [1.29, 1.82) is 0 Å². The third-order valence-corrected chi connectivity index (χ3v) is 6.55. The summed E-state index contributed by atoms with van der Waals surface area (Å²) in [7, 11) is -2.25. The summed E-state index contributed by atoms with van der Waals surface area (Å²) in [4.78, 5) is 34.9. The molecule has 3 N–H and O–H groups in total. The van der Waals surface area contributed by atoms with Gasteiger partial charge in [0.05, 0.1) is 4.90 Å². The van der Waals surface area contributed by atoms with Crippen molar-refractivity contribution in [2.24, 2.45) is 5.92 Å². The number of hydrogen-bond acceptors (Lipinski definition) is 5. The minimum Gasteiger partial charge on any atom is -0.475 e. The number of carboxylic acid groups (broad SMARTS) is 1. The lowest BCUT2D eigenvalue weighted by Gasteiger charge is -2.31. The highest BCUT2D eigenvalue weighted by Crippen LogP contribution is 2.21. The molecule has 0 radical (unpaired) electrons. The van der Waals surface area contributed by atoms with Crippen LogP contribution in [0.15, 0.2) is 53.4 Å². The highest BCUT2D eigenvalue weighted by Gasteiger charge is 2.38. The Morgan fingerprint density at radius 2 is 1.47 bits per heavy atom. The quantitative estimate of drug-likeness (QED) is 0.507. The fourth-order valence-corrected chi connectivity index (χ4v) is 4.30. The zero-order valence-electron chi connectivity index (χ0n) is 18.9. The first-order valence-electron chi connectivity index (χ1n) is 10.4. The second-order valence-electron chi connectivity index (χ2n) is 7.62. The van der Waals surface area contributed by atoms with Gasteiger partial charge in [0.15, 0.2) is 0 Å². The van der Waals surface area contributed by atoms with Gasteiger partial charge in [-0.2, -0.15) is 13.2 Å². The third kappa shape index (κ3) is 7.93. The Labute approximate surface area is 204 Å². The van der Waals surface area contributed by atoms with Crippen molar-refractivity contribution < 1.29 is 45.5 Å². The van der Waals surface area contributed by atoms with Crippen molar-refractivity contribution in [3.63, 3.8) is 0 Å². The first-order chi connectivity index (χ1) is 16.7. The van der Waals surface area contributed by atoms with Gasteiger partial charge in [0.1, 0.15) is 5.82 Å². The standard InChI is InChI=1S/C20H22FN3O4S.C2HF3O2/c1-22-19(25)14-10-12-24(13-11-14)20(26)15-2-6-17(7-3-15)23-29(27,28)18-8-4-16(21)5-9-18;3-2(4,5)1(6)7/h2-9,14,23H,10-13H2,1H3,(H,22,25);(H,6,7). The largest absolute Gasteiger partial charge is 0.490 e. The van der Waals surface area contributed by atoms with Gasteiger partial charge in [0.2, 0.25) is 5.91 Å². The van der Waals surface area contributed by atoms with Gasteiger partial charge in [0, 0.05) is 37.3 Å². The summed E-state index contributed by atoms with van der Waals surface area (Å²) in [5, 5.41) is 9.76. The lowest BCUT2D eigenvalue weighted by Crippen LogP contribution is -2.42. The van der Waals surface area contributed by atoms with Crippen LogP contribution >= 0.6 is 0 Å². The third-order valence-electron chi connectivity index (χ3n) is 5.15. The van der Waals surface area contributed by atoms with Crippen LogP contribution in [-0.2, 0) is 19.6 Å². The highest BCUT2D eigenvalue weighted by molar-refractivity contribution is 7.92. The second kappa shape index (κ2) is 11.8. The van der Waals surface area contributed by atoms with Crippen LogP contribution in [0.2, 0.25) is 0 Å². The molecule has 1 aliphatic heterocycles. The molecule has 0 unspecified atom stereocenters. The number of nitrogens with zero attached hydrogens (tertiary/aromatic N) is 1. The number of carbonyl (C=O) groups is 3. The number of carbonyl (C=O) groups excluding carboxylic acids is 2. The molecular weight excluding hydrogens is 510 g/mol. The molecule has 14 heteroatoms. The Kier molecular flexibility index (Phi) is 9.39. The fraction of sp³-hybridized carbons (Fsp3) is 0.318. The summed E-state index contributed by atoms with van der Waals surface area (Å²) >= 11 is 0. The Morgan fingerprint density at radius 1 is 0.972 bits per heavy atom. The van der Waals surface area contributed by atoms with Crippen LogP contribution in [0.3, 0.4) is 0 Å². The predicted octanol–water partition coefficient (Wildman–Crippen LogP) is 2.86. The Morgan fingerprint density at radius 3 is 1.92 bits per heavy atom. The molecule has 9 nitrogen and oxygen atoms in total. The maximum Gasteiger partial charge on any atom is 0.490 e. The number of halogens is 4.